The fourth-order valence-corrected chi connectivity index (χ4v) is 4.96. The van der Waals surface area contributed by atoms with Crippen LogP contribution in [-0.4, -0.2) is 44.3 Å². The third-order valence-electron chi connectivity index (χ3n) is 6.35. The highest BCUT2D eigenvalue weighted by molar-refractivity contribution is 8.00. The Morgan fingerprint density at radius 2 is 1.36 bits per heavy atom. The molecule has 0 aliphatic rings. The van der Waals surface area contributed by atoms with E-state index in [-0.39, 0.29) is 11.6 Å². The zero-order valence-electron chi connectivity index (χ0n) is 24.8. The summed E-state index contributed by atoms with van der Waals surface area (Å²) in [6.07, 6.45) is 1.59. The van der Waals surface area contributed by atoms with Crippen molar-refractivity contribution in [3.05, 3.63) is 114 Å². The molecule has 0 fully saturated rings. The van der Waals surface area contributed by atoms with E-state index in [4.69, 9.17) is 14.2 Å². The fraction of sp³-hybridized carbons (Fsp3) is 0.147. The number of ether oxygens (including phenoxy) is 3. The van der Waals surface area contributed by atoms with Crippen LogP contribution in [0.25, 0.3) is 6.08 Å². The van der Waals surface area contributed by atoms with E-state index in [0.29, 0.717) is 39.8 Å². The van der Waals surface area contributed by atoms with Crippen molar-refractivity contribution in [1.29, 1.82) is 0 Å². The Morgan fingerprint density at radius 1 is 0.705 bits per heavy atom. The summed E-state index contributed by atoms with van der Waals surface area (Å²) in [7, 11) is 4.65. The second-order valence-electron chi connectivity index (χ2n) is 9.48. The topological polar surface area (TPSA) is 115 Å². The van der Waals surface area contributed by atoms with Crippen molar-refractivity contribution in [3.8, 4) is 17.2 Å². The second kappa shape index (κ2) is 15.3. The van der Waals surface area contributed by atoms with Crippen molar-refractivity contribution in [2.24, 2.45) is 0 Å². The molecule has 10 heteroatoms. The smallest absolute Gasteiger partial charge is 0.272 e. The molecule has 0 radical (unpaired) electrons. The third kappa shape index (κ3) is 8.89. The summed E-state index contributed by atoms with van der Waals surface area (Å²) < 4.78 is 15.8. The molecule has 0 aromatic heterocycles. The summed E-state index contributed by atoms with van der Waals surface area (Å²) in [5, 5.41) is 8.02. The molecular weight excluding hydrogens is 578 g/mol. The lowest BCUT2D eigenvalue weighted by Crippen LogP contribution is -2.30. The van der Waals surface area contributed by atoms with Gasteiger partial charge in [0, 0.05) is 40.0 Å². The summed E-state index contributed by atoms with van der Waals surface area (Å²) in [5.41, 5.74) is 2.22. The number of rotatable bonds is 12. The Labute approximate surface area is 260 Å². The average Bonchev–Trinajstić information content (AvgIpc) is 3.05. The van der Waals surface area contributed by atoms with Crippen LogP contribution in [0.15, 0.2) is 108 Å². The molecule has 0 saturated carbocycles. The largest absolute Gasteiger partial charge is 0.497 e. The van der Waals surface area contributed by atoms with Gasteiger partial charge < -0.3 is 30.2 Å². The van der Waals surface area contributed by atoms with Crippen LogP contribution < -0.4 is 30.2 Å². The first kappa shape index (κ1) is 31.7. The molecule has 0 bridgehead atoms. The van der Waals surface area contributed by atoms with Gasteiger partial charge in [-0.05, 0) is 61.0 Å². The molecular formula is C34H33N3O6S. The Morgan fingerprint density at radius 3 is 2.00 bits per heavy atom. The molecule has 0 aliphatic heterocycles. The van der Waals surface area contributed by atoms with E-state index >= 15 is 0 Å². The lowest BCUT2D eigenvalue weighted by Gasteiger charge is -2.15. The molecule has 1 atom stereocenters. The predicted octanol–water partition coefficient (Wildman–Crippen LogP) is 6.24. The van der Waals surface area contributed by atoms with Gasteiger partial charge in [0.15, 0.2) is 0 Å². The van der Waals surface area contributed by atoms with E-state index in [1.165, 1.54) is 11.8 Å². The van der Waals surface area contributed by atoms with E-state index in [0.717, 1.165) is 4.90 Å². The Kier molecular flexibility index (Phi) is 11.0. The van der Waals surface area contributed by atoms with Crippen LogP contribution in [0.5, 0.6) is 17.2 Å². The highest BCUT2D eigenvalue weighted by atomic mass is 32.2. The lowest BCUT2D eigenvalue weighted by atomic mass is 10.1. The Balaban J connectivity index is 1.47. The van der Waals surface area contributed by atoms with Crippen LogP contribution >= 0.6 is 11.8 Å². The summed E-state index contributed by atoms with van der Waals surface area (Å²) in [5.74, 6) is 0.644. The molecule has 4 aromatic rings. The first-order valence-corrected chi connectivity index (χ1v) is 14.5. The molecule has 3 amide bonds. The molecule has 4 rings (SSSR count). The van der Waals surface area contributed by atoms with Gasteiger partial charge >= 0.3 is 0 Å². The van der Waals surface area contributed by atoms with E-state index in [2.05, 4.69) is 16.0 Å². The average molecular weight is 612 g/mol. The predicted molar refractivity (Wildman–Crippen MR) is 173 cm³/mol. The van der Waals surface area contributed by atoms with Crippen molar-refractivity contribution in [2.45, 2.75) is 17.1 Å². The van der Waals surface area contributed by atoms with Crippen molar-refractivity contribution >= 4 is 46.9 Å². The molecule has 44 heavy (non-hydrogen) atoms. The highest BCUT2D eigenvalue weighted by Gasteiger charge is 2.18. The van der Waals surface area contributed by atoms with Gasteiger partial charge in [0.25, 0.3) is 11.8 Å². The van der Waals surface area contributed by atoms with E-state index in [9.17, 15) is 14.4 Å². The van der Waals surface area contributed by atoms with Crippen molar-refractivity contribution in [3.63, 3.8) is 0 Å². The zero-order valence-corrected chi connectivity index (χ0v) is 25.6. The molecule has 3 N–H and O–H groups in total. The quantitative estimate of drug-likeness (QED) is 0.128. The van der Waals surface area contributed by atoms with Crippen molar-refractivity contribution in [2.75, 3.05) is 32.0 Å². The summed E-state index contributed by atoms with van der Waals surface area (Å²) >= 11 is 1.33. The number of hydrogen-bond acceptors (Lipinski definition) is 7. The summed E-state index contributed by atoms with van der Waals surface area (Å²) in [6, 6.07) is 28.0. The highest BCUT2D eigenvalue weighted by Crippen LogP contribution is 2.29. The van der Waals surface area contributed by atoms with Gasteiger partial charge in [0.2, 0.25) is 5.91 Å². The number of carbonyl (C=O) groups is 3. The number of benzene rings is 4. The monoisotopic (exact) mass is 611 g/mol. The van der Waals surface area contributed by atoms with Crippen LogP contribution in [0.3, 0.4) is 0 Å². The van der Waals surface area contributed by atoms with E-state index in [1.807, 2.05) is 12.1 Å². The van der Waals surface area contributed by atoms with Gasteiger partial charge in [-0.1, -0.05) is 36.4 Å². The molecule has 0 heterocycles. The van der Waals surface area contributed by atoms with Crippen LogP contribution in [0.4, 0.5) is 11.4 Å². The zero-order chi connectivity index (χ0) is 31.5. The normalized spacial score (nSPS) is 11.6. The van der Waals surface area contributed by atoms with Crippen molar-refractivity contribution < 1.29 is 28.6 Å². The van der Waals surface area contributed by atoms with Gasteiger partial charge in [-0.25, -0.2) is 0 Å². The molecule has 4 aromatic carbocycles. The maximum Gasteiger partial charge on any atom is 0.272 e. The van der Waals surface area contributed by atoms with Crippen LogP contribution in [0.1, 0.15) is 22.8 Å². The Hall–Kier alpha value is -5.22. The van der Waals surface area contributed by atoms with Gasteiger partial charge in [-0.3, -0.25) is 14.4 Å². The lowest BCUT2D eigenvalue weighted by molar-refractivity contribution is -0.115. The number of carbonyl (C=O) groups excluding carboxylic acids is 3. The van der Waals surface area contributed by atoms with Crippen LogP contribution in [0.2, 0.25) is 0 Å². The van der Waals surface area contributed by atoms with Crippen molar-refractivity contribution in [1.82, 2.24) is 5.32 Å². The number of amides is 3. The number of thioether (sulfide) groups is 1. The van der Waals surface area contributed by atoms with Gasteiger partial charge in [-0.15, -0.1) is 11.8 Å². The first-order valence-electron chi connectivity index (χ1n) is 13.6. The van der Waals surface area contributed by atoms with Crippen LogP contribution in [0, 0.1) is 0 Å². The summed E-state index contributed by atoms with van der Waals surface area (Å²) in [4.78, 5) is 40.1. The fourth-order valence-electron chi connectivity index (χ4n) is 4.04. The van der Waals surface area contributed by atoms with Gasteiger partial charge in [0.05, 0.1) is 26.6 Å². The second-order valence-corrected chi connectivity index (χ2v) is 10.9. The number of nitrogens with one attached hydrogen (secondary N) is 3. The first-order chi connectivity index (χ1) is 21.3. The molecule has 0 spiro atoms. The molecule has 0 aliphatic carbocycles. The molecule has 226 valence electrons. The minimum atomic E-state index is -0.509. The summed E-state index contributed by atoms with van der Waals surface area (Å²) in [6.45, 7) is 1.79. The maximum atomic E-state index is 13.4. The maximum absolute atomic E-state index is 13.4. The third-order valence-corrected chi connectivity index (χ3v) is 7.44. The van der Waals surface area contributed by atoms with Crippen LogP contribution in [-0.2, 0) is 9.59 Å². The van der Waals surface area contributed by atoms with Gasteiger partial charge in [0.1, 0.15) is 22.9 Å². The van der Waals surface area contributed by atoms with E-state index in [1.54, 1.807) is 119 Å². The van der Waals surface area contributed by atoms with Gasteiger partial charge in [-0.2, -0.15) is 0 Å². The SMILES string of the molecule is COc1ccc(/C=C(/NC(=O)c2ccccc2)C(=O)Nc2cccc(SC(C)C(=O)Nc3cc(OC)cc(OC)c3)c2)cc1. The number of hydrogen-bond donors (Lipinski definition) is 3. The molecule has 0 saturated heterocycles. The van der Waals surface area contributed by atoms with E-state index < -0.39 is 17.1 Å². The number of anilines is 2. The minimum absolute atomic E-state index is 0.0588. The Bertz CT molecular complexity index is 1620. The molecule has 1 unspecified atom stereocenters. The number of methoxy groups -OCH3 is 3. The standard InChI is InChI=1S/C34H33N3O6S/c1-22(32(38)36-26-18-28(42-3)21-29(19-26)43-4)44-30-12-8-11-25(20-30)35-34(40)31(17-23-13-15-27(41-2)16-14-23)37-33(39)24-9-6-5-7-10-24/h5-22H,1-4H3,(H,35,40)(H,36,38)(H,37,39)/b31-17+. The molecule has 9 nitrogen and oxygen atoms in total. The minimum Gasteiger partial charge on any atom is -0.497 e.